The van der Waals surface area contributed by atoms with Crippen molar-refractivity contribution in [3.05, 3.63) is 81.9 Å². The van der Waals surface area contributed by atoms with E-state index in [0.29, 0.717) is 5.92 Å². The maximum Gasteiger partial charge on any atom is 0.0134 e. The van der Waals surface area contributed by atoms with Gasteiger partial charge in [0.05, 0.1) is 0 Å². The lowest BCUT2D eigenvalue weighted by Gasteiger charge is -2.17. The standard InChI is InChI=1S/C16H15I/c1-13(17)12-16(14-8-4-2-5-9-14)15-10-6-3-7-11-15/h2-11,16H,1,12H2. The molecule has 0 heterocycles. The van der Waals surface area contributed by atoms with Gasteiger partial charge in [0.15, 0.2) is 0 Å². The Labute approximate surface area is 117 Å². The van der Waals surface area contributed by atoms with Gasteiger partial charge in [0, 0.05) is 5.92 Å². The normalized spacial score (nSPS) is 10.5. The highest BCUT2D eigenvalue weighted by molar-refractivity contribution is 14.1. The molecule has 86 valence electrons. The van der Waals surface area contributed by atoms with Gasteiger partial charge in [-0.2, -0.15) is 0 Å². The van der Waals surface area contributed by atoms with Gasteiger partial charge < -0.3 is 0 Å². The van der Waals surface area contributed by atoms with E-state index in [9.17, 15) is 0 Å². The quantitative estimate of drug-likeness (QED) is 0.678. The van der Waals surface area contributed by atoms with Crippen molar-refractivity contribution in [3.8, 4) is 0 Å². The van der Waals surface area contributed by atoms with E-state index >= 15 is 0 Å². The monoisotopic (exact) mass is 334 g/mol. The second kappa shape index (κ2) is 6.01. The van der Waals surface area contributed by atoms with E-state index in [1.54, 1.807) is 0 Å². The zero-order valence-corrected chi connectivity index (χ0v) is 11.8. The van der Waals surface area contributed by atoms with Crippen LogP contribution in [0.25, 0.3) is 0 Å². The molecule has 2 rings (SSSR count). The molecule has 0 spiro atoms. The van der Waals surface area contributed by atoms with Gasteiger partial charge >= 0.3 is 0 Å². The summed E-state index contributed by atoms with van der Waals surface area (Å²) in [4.78, 5) is 0. The molecule has 0 aromatic heterocycles. The van der Waals surface area contributed by atoms with E-state index in [-0.39, 0.29) is 0 Å². The Balaban J connectivity index is 2.36. The minimum absolute atomic E-state index is 0.418. The largest absolute Gasteiger partial charge is 0.0897 e. The van der Waals surface area contributed by atoms with Gasteiger partial charge in [-0.15, -0.1) is 0 Å². The van der Waals surface area contributed by atoms with E-state index < -0.39 is 0 Å². The molecule has 0 unspecified atom stereocenters. The molecule has 0 bridgehead atoms. The molecule has 0 fully saturated rings. The highest BCUT2D eigenvalue weighted by Crippen LogP contribution is 2.31. The Hall–Kier alpha value is -1.09. The molecule has 0 aliphatic carbocycles. The van der Waals surface area contributed by atoms with Gasteiger partial charge in [0.25, 0.3) is 0 Å². The summed E-state index contributed by atoms with van der Waals surface area (Å²) >= 11 is 2.32. The molecule has 0 radical (unpaired) electrons. The smallest absolute Gasteiger partial charge is 0.0134 e. The first kappa shape index (κ1) is 12.4. The lowest BCUT2D eigenvalue weighted by atomic mass is 9.89. The van der Waals surface area contributed by atoms with E-state index in [1.165, 1.54) is 14.7 Å². The predicted molar refractivity (Wildman–Crippen MR) is 82.5 cm³/mol. The molecule has 0 saturated heterocycles. The van der Waals surface area contributed by atoms with Crippen LogP contribution >= 0.6 is 22.6 Å². The Bertz CT molecular complexity index is 434. The number of allylic oxidation sites excluding steroid dienone is 1. The molecule has 0 atom stereocenters. The number of hydrogen-bond donors (Lipinski definition) is 0. The van der Waals surface area contributed by atoms with Crippen LogP contribution in [0, 0.1) is 0 Å². The molecule has 2 aromatic carbocycles. The average Bonchev–Trinajstić information content (AvgIpc) is 2.38. The number of rotatable bonds is 4. The third-order valence-electron chi connectivity index (χ3n) is 2.83. The minimum atomic E-state index is 0.418. The molecule has 0 amide bonds. The van der Waals surface area contributed by atoms with Crippen LogP contribution in [0.4, 0.5) is 0 Å². The molecule has 1 heteroatoms. The fourth-order valence-electron chi connectivity index (χ4n) is 2.02. The van der Waals surface area contributed by atoms with Crippen molar-refractivity contribution in [2.75, 3.05) is 0 Å². The lowest BCUT2D eigenvalue weighted by Crippen LogP contribution is -2.00. The molecular formula is C16H15I. The van der Waals surface area contributed by atoms with Crippen molar-refractivity contribution in [3.63, 3.8) is 0 Å². The zero-order valence-electron chi connectivity index (χ0n) is 9.64. The maximum atomic E-state index is 4.03. The minimum Gasteiger partial charge on any atom is -0.0897 e. The molecular weight excluding hydrogens is 319 g/mol. The van der Waals surface area contributed by atoms with Gasteiger partial charge in [-0.25, -0.2) is 0 Å². The van der Waals surface area contributed by atoms with Crippen LogP contribution in [0.3, 0.4) is 0 Å². The highest BCUT2D eigenvalue weighted by Gasteiger charge is 2.13. The first-order chi connectivity index (χ1) is 8.27. The summed E-state index contributed by atoms with van der Waals surface area (Å²) in [6.45, 7) is 4.03. The summed E-state index contributed by atoms with van der Waals surface area (Å²) in [6.07, 6.45) is 0.995. The van der Waals surface area contributed by atoms with Gasteiger partial charge in [-0.3, -0.25) is 0 Å². The van der Waals surface area contributed by atoms with Gasteiger partial charge in [0.1, 0.15) is 0 Å². The second-order valence-corrected chi connectivity index (χ2v) is 5.62. The Morgan fingerprint density at radius 1 is 0.882 bits per heavy atom. The second-order valence-electron chi connectivity index (χ2n) is 4.10. The molecule has 0 aliphatic rings. The summed E-state index contributed by atoms with van der Waals surface area (Å²) in [7, 11) is 0. The number of benzene rings is 2. The van der Waals surface area contributed by atoms with E-state index in [0.717, 1.165) is 6.42 Å². The van der Waals surface area contributed by atoms with Crippen LogP contribution in [-0.2, 0) is 0 Å². The van der Waals surface area contributed by atoms with Crippen molar-refractivity contribution in [1.82, 2.24) is 0 Å². The fraction of sp³-hybridized carbons (Fsp3) is 0.125. The van der Waals surface area contributed by atoms with E-state index in [4.69, 9.17) is 0 Å². The van der Waals surface area contributed by atoms with Crippen LogP contribution in [0.15, 0.2) is 70.8 Å². The summed E-state index contributed by atoms with van der Waals surface area (Å²) < 4.78 is 1.19. The Morgan fingerprint density at radius 3 is 1.65 bits per heavy atom. The molecule has 0 aliphatic heterocycles. The van der Waals surface area contributed by atoms with Crippen molar-refractivity contribution in [2.45, 2.75) is 12.3 Å². The number of hydrogen-bond acceptors (Lipinski definition) is 0. The fourth-order valence-corrected chi connectivity index (χ4v) is 2.46. The average molecular weight is 334 g/mol. The molecule has 0 N–H and O–H groups in total. The lowest BCUT2D eigenvalue weighted by molar-refractivity contribution is 0.828. The SMILES string of the molecule is C=C(I)CC(c1ccccc1)c1ccccc1. The molecule has 0 saturated carbocycles. The van der Waals surface area contributed by atoms with E-state index in [2.05, 4.69) is 89.8 Å². The molecule has 17 heavy (non-hydrogen) atoms. The summed E-state index contributed by atoms with van der Waals surface area (Å²) in [5.74, 6) is 0.418. The van der Waals surface area contributed by atoms with Crippen LogP contribution in [0.1, 0.15) is 23.5 Å². The summed E-state index contributed by atoms with van der Waals surface area (Å²) in [6, 6.07) is 21.3. The van der Waals surface area contributed by atoms with Gasteiger partial charge in [-0.05, 0) is 43.7 Å². The van der Waals surface area contributed by atoms with Crippen molar-refractivity contribution >= 4 is 22.6 Å². The third kappa shape index (κ3) is 3.43. The molecule has 2 aromatic rings. The molecule has 0 nitrogen and oxygen atoms in total. The van der Waals surface area contributed by atoms with Gasteiger partial charge in [0.2, 0.25) is 0 Å². The first-order valence-electron chi connectivity index (χ1n) is 5.70. The third-order valence-corrected chi connectivity index (χ3v) is 3.27. The van der Waals surface area contributed by atoms with Crippen LogP contribution in [0.5, 0.6) is 0 Å². The zero-order chi connectivity index (χ0) is 12.1. The van der Waals surface area contributed by atoms with Crippen molar-refractivity contribution in [1.29, 1.82) is 0 Å². The maximum absolute atomic E-state index is 4.03. The van der Waals surface area contributed by atoms with Crippen molar-refractivity contribution < 1.29 is 0 Å². The predicted octanol–water partition coefficient (Wildman–Crippen LogP) is 5.16. The van der Waals surface area contributed by atoms with Crippen molar-refractivity contribution in [2.24, 2.45) is 0 Å². The Morgan fingerprint density at radius 2 is 1.29 bits per heavy atom. The first-order valence-corrected chi connectivity index (χ1v) is 6.78. The Kier molecular flexibility index (Phi) is 4.37. The number of halogens is 1. The summed E-state index contributed by atoms with van der Waals surface area (Å²) in [5.41, 5.74) is 2.72. The van der Waals surface area contributed by atoms with Gasteiger partial charge in [-0.1, -0.05) is 67.2 Å². The highest BCUT2D eigenvalue weighted by atomic mass is 127. The van der Waals surface area contributed by atoms with E-state index in [1.807, 2.05) is 0 Å². The van der Waals surface area contributed by atoms with Crippen LogP contribution in [0.2, 0.25) is 0 Å². The summed E-state index contributed by atoms with van der Waals surface area (Å²) in [5, 5.41) is 0. The van der Waals surface area contributed by atoms with Crippen LogP contribution in [-0.4, -0.2) is 0 Å². The van der Waals surface area contributed by atoms with Crippen LogP contribution < -0.4 is 0 Å². The topological polar surface area (TPSA) is 0 Å².